The molecule has 0 radical (unpaired) electrons. The second kappa shape index (κ2) is 6.00. The van der Waals surface area contributed by atoms with Crippen molar-refractivity contribution in [3.05, 3.63) is 35.4 Å². The van der Waals surface area contributed by atoms with Crippen molar-refractivity contribution in [2.24, 2.45) is 17.8 Å². The normalized spacial score (nSPS) is 31.1. The molecule has 24 heavy (non-hydrogen) atoms. The standard InChI is InChI=1S/C18H24F3N3/c1-23-8-14(9-23)24-10-16-15(17(16)11-24)7-22-6-12-3-2-4-13(5-12)18(19,20)21/h2-5,14-17,22H,6-11H2,1H3. The number of nitrogens with one attached hydrogen (secondary N) is 1. The predicted molar refractivity (Wildman–Crippen MR) is 86.5 cm³/mol. The molecule has 1 aromatic rings. The van der Waals surface area contributed by atoms with E-state index in [-0.39, 0.29) is 0 Å². The molecule has 1 saturated carbocycles. The summed E-state index contributed by atoms with van der Waals surface area (Å²) in [6, 6.07) is 6.36. The second-order valence-electron chi connectivity index (χ2n) is 7.65. The molecule has 1 aromatic carbocycles. The number of hydrogen-bond donors (Lipinski definition) is 1. The van der Waals surface area contributed by atoms with Gasteiger partial charge in [0, 0.05) is 38.8 Å². The minimum atomic E-state index is -4.26. The topological polar surface area (TPSA) is 18.5 Å². The minimum absolute atomic E-state index is 0.511. The van der Waals surface area contributed by atoms with Crippen LogP contribution in [0.25, 0.3) is 0 Å². The Morgan fingerprint density at radius 2 is 1.83 bits per heavy atom. The van der Waals surface area contributed by atoms with Gasteiger partial charge in [-0.15, -0.1) is 0 Å². The highest BCUT2D eigenvalue weighted by Gasteiger charge is 2.56. The van der Waals surface area contributed by atoms with E-state index in [0.717, 1.165) is 30.5 Å². The van der Waals surface area contributed by atoms with E-state index >= 15 is 0 Å². The first-order chi connectivity index (χ1) is 11.4. The maximum atomic E-state index is 12.7. The molecule has 2 aliphatic heterocycles. The van der Waals surface area contributed by atoms with Crippen molar-refractivity contribution in [3.63, 3.8) is 0 Å². The molecule has 4 rings (SSSR count). The van der Waals surface area contributed by atoms with Gasteiger partial charge in [0.05, 0.1) is 5.56 Å². The third-order valence-corrected chi connectivity index (χ3v) is 5.92. The number of nitrogens with zero attached hydrogens (tertiary/aromatic N) is 2. The summed E-state index contributed by atoms with van der Waals surface area (Å²) in [6.07, 6.45) is -4.26. The Hall–Kier alpha value is -1.11. The number of halogens is 3. The van der Waals surface area contributed by atoms with Gasteiger partial charge in [0.2, 0.25) is 0 Å². The van der Waals surface area contributed by atoms with Gasteiger partial charge in [-0.3, -0.25) is 4.90 Å². The zero-order valence-electron chi connectivity index (χ0n) is 13.9. The first-order valence-corrected chi connectivity index (χ1v) is 8.71. The number of benzene rings is 1. The molecule has 0 aromatic heterocycles. The lowest BCUT2D eigenvalue weighted by molar-refractivity contribution is -0.137. The molecule has 0 amide bonds. The molecule has 3 fully saturated rings. The lowest BCUT2D eigenvalue weighted by Crippen LogP contribution is -2.57. The Labute approximate surface area is 140 Å². The fraction of sp³-hybridized carbons (Fsp3) is 0.667. The van der Waals surface area contributed by atoms with E-state index in [1.54, 1.807) is 6.07 Å². The van der Waals surface area contributed by atoms with Gasteiger partial charge >= 0.3 is 6.18 Å². The van der Waals surface area contributed by atoms with Gasteiger partial charge in [-0.1, -0.05) is 18.2 Å². The van der Waals surface area contributed by atoms with Crippen LogP contribution in [-0.4, -0.2) is 55.6 Å². The van der Waals surface area contributed by atoms with Crippen molar-refractivity contribution in [1.29, 1.82) is 0 Å². The lowest BCUT2D eigenvalue weighted by Gasteiger charge is -2.42. The van der Waals surface area contributed by atoms with E-state index in [4.69, 9.17) is 0 Å². The van der Waals surface area contributed by atoms with Crippen LogP contribution in [0.5, 0.6) is 0 Å². The van der Waals surface area contributed by atoms with Gasteiger partial charge in [-0.25, -0.2) is 0 Å². The predicted octanol–water partition coefficient (Wildman–Crippen LogP) is 2.29. The zero-order valence-corrected chi connectivity index (χ0v) is 13.9. The summed E-state index contributed by atoms with van der Waals surface area (Å²) in [5.41, 5.74) is 0.140. The summed E-state index contributed by atoms with van der Waals surface area (Å²) in [6.45, 7) is 6.23. The third-order valence-electron chi connectivity index (χ3n) is 5.92. The summed E-state index contributed by atoms with van der Waals surface area (Å²) in [4.78, 5) is 4.97. The summed E-state index contributed by atoms with van der Waals surface area (Å²) in [5, 5.41) is 3.36. The first-order valence-electron chi connectivity index (χ1n) is 8.71. The molecule has 2 atom stereocenters. The summed E-state index contributed by atoms with van der Waals surface area (Å²) >= 11 is 0. The van der Waals surface area contributed by atoms with Crippen LogP contribution in [0.15, 0.2) is 24.3 Å². The number of rotatable bonds is 5. The quantitative estimate of drug-likeness (QED) is 0.888. The van der Waals surface area contributed by atoms with Crippen LogP contribution in [0.1, 0.15) is 11.1 Å². The highest BCUT2D eigenvalue weighted by atomic mass is 19.4. The van der Waals surface area contributed by atoms with Gasteiger partial charge in [-0.2, -0.15) is 13.2 Å². The molecule has 1 aliphatic carbocycles. The Balaban J connectivity index is 1.20. The average Bonchev–Trinajstić information content (AvgIpc) is 2.95. The number of likely N-dealkylation sites (tertiary alicyclic amines) is 2. The SMILES string of the molecule is CN1CC(N2CC3C(CNCc4cccc(C(F)(F)F)c4)C3C2)C1. The van der Waals surface area contributed by atoms with Crippen LogP contribution >= 0.6 is 0 Å². The van der Waals surface area contributed by atoms with Crippen LogP contribution in [0.3, 0.4) is 0 Å². The van der Waals surface area contributed by atoms with Crippen molar-refractivity contribution < 1.29 is 13.2 Å². The maximum absolute atomic E-state index is 12.7. The Kier molecular flexibility index (Phi) is 4.09. The monoisotopic (exact) mass is 339 g/mol. The Morgan fingerprint density at radius 3 is 2.46 bits per heavy atom. The van der Waals surface area contributed by atoms with E-state index in [1.807, 2.05) is 0 Å². The zero-order chi connectivity index (χ0) is 16.9. The van der Waals surface area contributed by atoms with Gasteiger partial charge < -0.3 is 10.2 Å². The number of alkyl halides is 3. The van der Waals surface area contributed by atoms with Crippen LogP contribution in [0.4, 0.5) is 13.2 Å². The van der Waals surface area contributed by atoms with Crippen LogP contribution in [-0.2, 0) is 12.7 Å². The average molecular weight is 339 g/mol. The molecule has 3 aliphatic rings. The van der Waals surface area contributed by atoms with E-state index in [9.17, 15) is 13.2 Å². The second-order valence-corrected chi connectivity index (χ2v) is 7.65. The Bertz CT molecular complexity index is 585. The molecule has 1 N–H and O–H groups in total. The van der Waals surface area contributed by atoms with Crippen molar-refractivity contribution in [2.45, 2.75) is 18.8 Å². The van der Waals surface area contributed by atoms with E-state index < -0.39 is 11.7 Å². The van der Waals surface area contributed by atoms with E-state index in [2.05, 4.69) is 22.2 Å². The van der Waals surface area contributed by atoms with Gasteiger partial charge in [0.25, 0.3) is 0 Å². The van der Waals surface area contributed by atoms with E-state index in [1.165, 1.54) is 38.3 Å². The molecule has 0 bridgehead atoms. The van der Waals surface area contributed by atoms with Gasteiger partial charge in [0.1, 0.15) is 0 Å². The van der Waals surface area contributed by atoms with Gasteiger partial charge in [0.15, 0.2) is 0 Å². The van der Waals surface area contributed by atoms with Gasteiger partial charge in [-0.05, 0) is 43.0 Å². The van der Waals surface area contributed by atoms with E-state index in [0.29, 0.717) is 18.0 Å². The van der Waals surface area contributed by atoms with Crippen molar-refractivity contribution >= 4 is 0 Å². The highest BCUT2D eigenvalue weighted by molar-refractivity contribution is 5.25. The molecule has 2 unspecified atom stereocenters. The van der Waals surface area contributed by atoms with Crippen molar-refractivity contribution in [2.75, 3.05) is 39.8 Å². The molecular weight excluding hydrogens is 315 g/mol. The highest BCUT2D eigenvalue weighted by Crippen LogP contribution is 2.52. The minimum Gasteiger partial charge on any atom is -0.312 e. The maximum Gasteiger partial charge on any atom is 0.416 e. The van der Waals surface area contributed by atoms with Crippen molar-refractivity contribution in [1.82, 2.24) is 15.1 Å². The largest absolute Gasteiger partial charge is 0.416 e. The fourth-order valence-electron chi connectivity index (χ4n) is 4.42. The van der Waals surface area contributed by atoms with Crippen LogP contribution in [0, 0.1) is 17.8 Å². The summed E-state index contributed by atoms with van der Waals surface area (Å²) in [7, 11) is 2.16. The molecule has 132 valence electrons. The Morgan fingerprint density at radius 1 is 1.12 bits per heavy atom. The van der Waals surface area contributed by atoms with Crippen LogP contribution < -0.4 is 5.32 Å². The van der Waals surface area contributed by atoms with Crippen LogP contribution in [0.2, 0.25) is 0 Å². The third kappa shape index (κ3) is 3.19. The van der Waals surface area contributed by atoms with Crippen molar-refractivity contribution in [3.8, 4) is 0 Å². The molecule has 2 saturated heterocycles. The summed E-state index contributed by atoms with van der Waals surface area (Å²) < 4.78 is 38.1. The number of likely N-dealkylation sites (N-methyl/N-ethyl adjacent to an activating group) is 1. The number of fused-ring (bicyclic) bond motifs is 1. The molecule has 0 spiro atoms. The molecule has 6 heteroatoms. The number of piperidine rings is 1. The number of hydrogen-bond acceptors (Lipinski definition) is 3. The summed E-state index contributed by atoms with van der Waals surface area (Å²) in [5.74, 6) is 2.31. The first kappa shape index (κ1) is 16.4. The molecule has 3 nitrogen and oxygen atoms in total. The molecule has 2 heterocycles. The molecular formula is C18H24F3N3. The smallest absolute Gasteiger partial charge is 0.312 e. The lowest BCUT2D eigenvalue weighted by atomic mass is 10.1. The fourth-order valence-corrected chi connectivity index (χ4v) is 4.42.